The fourth-order valence-electron chi connectivity index (χ4n) is 5.24. The van der Waals surface area contributed by atoms with Gasteiger partial charge in [-0.2, -0.15) is 0 Å². The fraction of sp³-hybridized carbons (Fsp3) is 0.400. The first-order valence-electron chi connectivity index (χ1n) is 11.0. The Bertz CT molecular complexity index is 1060. The first kappa shape index (κ1) is 20.3. The van der Waals surface area contributed by atoms with Crippen molar-refractivity contribution in [3.63, 3.8) is 0 Å². The molecule has 2 aromatic rings. The van der Waals surface area contributed by atoms with E-state index in [1.807, 2.05) is 30.3 Å². The number of carbonyl (C=O) groups excluding carboxylic acids is 3. The highest BCUT2D eigenvalue weighted by molar-refractivity contribution is 6.34. The summed E-state index contributed by atoms with van der Waals surface area (Å²) in [5.41, 5.74) is 3.80. The number of benzene rings is 2. The van der Waals surface area contributed by atoms with Crippen LogP contribution in [0.4, 0.5) is 0 Å². The lowest BCUT2D eigenvalue weighted by molar-refractivity contribution is -0.135. The van der Waals surface area contributed by atoms with Gasteiger partial charge in [0.25, 0.3) is 0 Å². The van der Waals surface area contributed by atoms with Crippen molar-refractivity contribution < 1.29 is 14.4 Å². The van der Waals surface area contributed by atoms with Crippen LogP contribution in [-0.2, 0) is 20.9 Å². The number of piperidine rings is 1. The minimum atomic E-state index is -0.413. The molecule has 0 aromatic heterocycles. The zero-order valence-electron chi connectivity index (χ0n) is 17.3. The third-order valence-electron chi connectivity index (χ3n) is 7.21. The summed E-state index contributed by atoms with van der Waals surface area (Å²) < 4.78 is 0. The molecule has 2 aliphatic heterocycles. The van der Waals surface area contributed by atoms with Crippen LogP contribution in [0.2, 0.25) is 5.02 Å². The molecule has 1 spiro atoms. The minimum absolute atomic E-state index is 0.106. The molecule has 5 rings (SSSR count). The SMILES string of the molecule is O=C1CCC(c2cccc(-c3ccc(CN4C(=O)CCC45CCC5)cc3)c2Cl)C(=O)N1. The fourth-order valence-corrected chi connectivity index (χ4v) is 5.61. The summed E-state index contributed by atoms with van der Waals surface area (Å²) in [5.74, 6) is -0.664. The summed E-state index contributed by atoms with van der Waals surface area (Å²) in [5, 5.41) is 2.96. The van der Waals surface area contributed by atoms with Crippen LogP contribution in [0.3, 0.4) is 0 Å². The largest absolute Gasteiger partial charge is 0.333 e. The van der Waals surface area contributed by atoms with Crippen molar-refractivity contribution in [3.8, 4) is 11.1 Å². The number of halogens is 1. The Morgan fingerprint density at radius 3 is 2.45 bits per heavy atom. The normalized spacial score (nSPS) is 22.5. The molecule has 1 aliphatic carbocycles. The zero-order chi connectivity index (χ0) is 21.6. The van der Waals surface area contributed by atoms with Crippen molar-refractivity contribution in [2.75, 3.05) is 0 Å². The Morgan fingerprint density at radius 1 is 1.00 bits per heavy atom. The maximum Gasteiger partial charge on any atom is 0.234 e. The molecule has 2 heterocycles. The molecule has 0 radical (unpaired) electrons. The molecule has 2 saturated heterocycles. The van der Waals surface area contributed by atoms with Gasteiger partial charge in [0.2, 0.25) is 17.7 Å². The highest BCUT2D eigenvalue weighted by Crippen LogP contribution is 2.46. The quantitative estimate of drug-likeness (QED) is 0.714. The van der Waals surface area contributed by atoms with Gasteiger partial charge in [-0.05, 0) is 48.8 Å². The Balaban J connectivity index is 1.37. The molecule has 3 amide bonds. The van der Waals surface area contributed by atoms with E-state index in [4.69, 9.17) is 11.6 Å². The van der Waals surface area contributed by atoms with E-state index in [1.165, 1.54) is 6.42 Å². The monoisotopic (exact) mass is 436 g/mol. The first-order valence-corrected chi connectivity index (χ1v) is 11.4. The zero-order valence-corrected chi connectivity index (χ0v) is 18.1. The van der Waals surface area contributed by atoms with Crippen molar-refractivity contribution in [2.45, 2.75) is 62.9 Å². The molecule has 0 bridgehead atoms. The van der Waals surface area contributed by atoms with E-state index in [0.29, 0.717) is 30.8 Å². The van der Waals surface area contributed by atoms with Gasteiger partial charge in [0.05, 0.1) is 10.9 Å². The molecular weight excluding hydrogens is 412 g/mol. The number of hydrogen-bond donors (Lipinski definition) is 1. The molecule has 3 aliphatic rings. The number of rotatable bonds is 4. The molecule has 1 atom stereocenters. The second-order valence-electron chi connectivity index (χ2n) is 8.97. The van der Waals surface area contributed by atoms with Crippen molar-refractivity contribution in [1.82, 2.24) is 10.2 Å². The molecule has 1 N–H and O–H groups in total. The van der Waals surface area contributed by atoms with E-state index in [1.54, 1.807) is 0 Å². The number of likely N-dealkylation sites (tertiary alicyclic amines) is 1. The molecule has 5 nitrogen and oxygen atoms in total. The summed E-state index contributed by atoms with van der Waals surface area (Å²) in [6.45, 7) is 0.656. The lowest BCUT2D eigenvalue weighted by atomic mass is 9.75. The Labute approximate surface area is 186 Å². The smallest absolute Gasteiger partial charge is 0.234 e. The minimum Gasteiger partial charge on any atom is -0.333 e. The van der Waals surface area contributed by atoms with Crippen LogP contribution in [0.1, 0.15) is 62.0 Å². The second kappa shape index (κ2) is 7.79. The van der Waals surface area contributed by atoms with Crippen LogP contribution in [0.5, 0.6) is 0 Å². The van der Waals surface area contributed by atoms with Crippen LogP contribution >= 0.6 is 11.6 Å². The molecule has 31 heavy (non-hydrogen) atoms. The standard InChI is InChI=1S/C25H25ClN2O3/c26-23-18(3-1-4-19(23)20-9-10-21(29)27-24(20)31)17-7-5-16(6-8-17)15-28-22(30)11-14-25(28)12-2-13-25/h1,3-8,20H,2,9-15H2,(H,27,29,31). The van der Waals surface area contributed by atoms with Crippen LogP contribution in [-0.4, -0.2) is 28.2 Å². The van der Waals surface area contributed by atoms with Crippen LogP contribution in [0.25, 0.3) is 11.1 Å². The molecular formula is C25H25ClN2O3. The van der Waals surface area contributed by atoms with Gasteiger partial charge in [-0.15, -0.1) is 0 Å². The predicted molar refractivity (Wildman–Crippen MR) is 118 cm³/mol. The van der Waals surface area contributed by atoms with Gasteiger partial charge in [-0.1, -0.05) is 54.1 Å². The molecule has 6 heteroatoms. The highest BCUT2D eigenvalue weighted by Gasteiger charge is 2.48. The van der Waals surface area contributed by atoms with Crippen LogP contribution in [0.15, 0.2) is 42.5 Å². The average molecular weight is 437 g/mol. The van der Waals surface area contributed by atoms with Crippen molar-refractivity contribution >= 4 is 29.3 Å². The Kier molecular flexibility index (Phi) is 5.09. The third kappa shape index (κ3) is 3.55. The molecule has 160 valence electrons. The Morgan fingerprint density at radius 2 is 1.77 bits per heavy atom. The third-order valence-corrected chi connectivity index (χ3v) is 7.63. The van der Waals surface area contributed by atoms with E-state index >= 15 is 0 Å². The van der Waals surface area contributed by atoms with Gasteiger partial charge in [0.15, 0.2) is 0 Å². The number of nitrogens with zero attached hydrogens (tertiary/aromatic N) is 1. The second-order valence-corrected chi connectivity index (χ2v) is 9.35. The summed E-state index contributed by atoms with van der Waals surface area (Å²) in [6, 6.07) is 13.9. The number of imide groups is 1. The molecule has 3 fully saturated rings. The maximum atomic E-state index is 12.4. The van der Waals surface area contributed by atoms with Gasteiger partial charge in [0, 0.05) is 30.5 Å². The van der Waals surface area contributed by atoms with Gasteiger partial charge in [-0.25, -0.2) is 0 Å². The number of carbonyl (C=O) groups is 3. The molecule has 2 aromatic carbocycles. The van der Waals surface area contributed by atoms with Gasteiger partial charge in [0.1, 0.15) is 0 Å². The van der Waals surface area contributed by atoms with Gasteiger partial charge in [-0.3, -0.25) is 19.7 Å². The van der Waals surface area contributed by atoms with E-state index < -0.39 is 5.92 Å². The van der Waals surface area contributed by atoms with Crippen molar-refractivity contribution in [1.29, 1.82) is 0 Å². The number of nitrogens with one attached hydrogen (secondary N) is 1. The van der Waals surface area contributed by atoms with Crippen molar-refractivity contribution in [2.24, 2.45) is 0 Å². The average Bonchev–Trinajstić information content (AvgIpc) is 3.06. The summed E-state index contributed by atoms with van der Waals surface area (Å²) in [4.78, 5) is 38.3. The van der Waals surface area contributed by atoms with Crippen molar-refractivity contribution in [3.05, 3.63) is 58.6 Å². The molecule has 1 unspecified atom stereocenters. The summed E-state index contributed by atoms with van der Waals surface area (Å²) in [6.07, 6.45) is 5.91. The Hall–Kier alpha value is -2.66. The van der Waals surface area contributed by atoms with E-state index in [9.17, 15) is 14.4 Å². The van der Waals surface area contributed by atoms with Gasteiger partial charge >= 0.3 is 0 Å². The number of amides is 3. The maximum absolute atomic E-state index is 12.4. The lowest BCUT2D eigenvalue weighted by Gasteiger charge is -2.46. The van der Waals surface area contributed by atoms with Crippen LogP contribution in [0, 0.1) is 0 Å². The highest BCUT2D eigenvalue weighted by atomic mass is 35.5. The van der Waals surface area contributed by atoms with Crippen LogP contribution < -0.4 is 5.32 Å². The van der Waals surface area contributed by atoms with E-state index in [-0.39, 0.29) is 23.3 Å². The van der Waals surface area contributed by atoms with E-state index in [0.717, 1.165) is 41.5 Å². The summed E-state index contributed by atoms with van der Waals surface area (Å²) in [7, 11) is 0. The summed E-state index contributed by atoms with van der Waals surface area (Å²) >= 11 is 6.72. The predicted octanol–water partition coefficient (Wildman–Crippen LogP) is 4.57. The molecule has 1 saturated carbocycles. The first-order chi connectivity index (χ1) is 15.0. The number of hydrogen-bond acceptors (Lipinski definition) is 3. The van der Waals surface area contributed by atoms with Gasteiger partial charge < -0.3 is 4.90 Å². The topological polar surface area (TPSA) is 66.5 Å². The lowest BCUT2D eigenvalue weighted by Crippen LogP contribution is -2.50. The van der Waals surface area contributed by atoms with E-state index in [2.05, 4.69) is 22.3 Å².